The summed E-state index contributed by atoms with van der Waals surface area (Å²) in [6, 6.07) is 35.5. The van der Waals surface area contributed by atoms with Crippen molar-refractivity contribution in [3.05, 3.63) is 129 Å². The van der Waals surface area contributed by atoms with E-state index in [0.29, 0.717) is 0 Å². The fourth-order valence-corrected chi connectivity index (χ4v) is 6.89. The molecular formula is C32H19BrO. The zero-order valence-electron chi connectivity index (χ0n) is 18.5. The van der Waals surface area contributed by atoms with E-state index in [2.05, 4.69) is 114 Å². The lowest BCUT2D eigenvalue weighted by Gasteiger charge is -2.30. The maximum Gasteiger partial charge on any atom is 0.143 e. The predicted octanol–water partition coefficient (Wildman–Crippen LogP) is 9.00. The van der Waals surface area contributed by atoms with E-state index in [0.717, 1.165) is 15.6 Å². The van der Waals surface area contributed by atoms with Crippen LogP contribution in [-0.2, 0) is 5.41 Å². The molecule has 2 heteroatoms. The minimum atomic E-state index is -0.362. The summed E-state index contributed by atoms with van der Waals surface area (Å²) < 4.78 is 7.67. The maximum absolute atomic E-state index is 6.57. The summed E-state index contributed by atoms with van der Waals surface area (Å²) in [5.41, 5.74) is 13.3. The van der Waals surface area contributed by atoms with Crippen molar-refractivity contribution in [1.29, 1.82) is 0 Å². The zero-order chi connectivity index (χ0) is 22.6. The van der Waals surface area contributed by atoms with Crippen LogP contribution in [0.1, 0.15) is 27.8 Å². The standard InChI is InChI=1S/C32H19BrO/c1-18-10-12-20-21-13-11-19(33)17-28(21)32(27(20)16-18)25-8-4-2-7-24(25)30-26(32)15-14-23-22-6-3-5-9-29(22)34-31(23)30/h2-17H,1H3. The van der Waals surface area contributed by atoms with Crippen molar-refractivity contribution >= 4 is 37.9 Å². The lowest BCUT2D eigenvalue weighted by molar-refractivity contribution is 0.669. The molecule has 0 aliphatic heterocycles. The van der Waals surface area contributed by atoms with E-state index in [-0.39, 0.29) is 5.41 Å². The molecule has 1 heterocycles. The summed E-state index contributed by atoms with van der Waals surface area (Å²) in [6.07, 6.45) is 0. The molecule has 6 aromatic rings. The van der Waals surface area contributed by atoms with Crippen molar-refractivity contribution in [3.8, 4) is 22.3 Å². The highest BCUT2D eigenvalue weighted by molar-refractivity contribution is 9.10. The van der Waals surface area contributed by atoms with Crippen LogP contribution in [0.2, 0.25) is 0 Å². The number of benzene rings is 5. The number of para-hydroxylation sites is 1. The van der Waals surface area contributed by atoms with Crippen LogP contribution in [0.5, 0.6) is 0 Å². The molecule has 1 spiro atoms. The third-order valence-corrected chi connectivity index (χ3v) is 8.30. The summed E-state index contributed by atoms with van der Waals surface area (Å²) in [7, 11) is 0. The minimum Gasteiger partial charge on any atom is -0.455 e. The highest BCUT2D eigenvalue weighted by Crippen LogP contribution is 2.64. The van der Waals surface area contributed by atoms with E-state index < -0.39 is 0 Å². The van der Waals surface area contributed by atoms with Gasteiger partial charge in [0.15, 0.2) is 0 Å². The summed E-state index contributed by atoms with van der Waals surface area (Å²) in [5.74, 6) is 0. The Morgan fingerprint density at radius 3 is 2.29 bits per heavy atom. The summed E-state index contributed by atoms with van der Waals surface area (Å²) in [6.45, 7) is 2.19. The van der Waals surface area contributed by atoms with Crippen molar-refractivity contribution in [2.45, 2.75) is 12.3 Å². The molecule has 0 bridgehead atoms. The van der Waals surface area contributed by atoms with Crippen molar-refractivity contribution in [2.24, 2.45) is 0 Å². The molecule has 8 rings (SSSR count). The van der Waals surface area contributed by atoms with Gasteiger partial charge in [-0.15, -0.1) is 0 Å². The molecule has 0 N–H and O–H groups in total. The van der Waals surface area contributed by atoms with E-state index in [4.69, 9.17) is 4.42 Å². The van der Waals surface area contributed by atoms with Gasteiger partial charge in [-0.25, -0.2) is 0 Å². The van der Waals surface area contributed by atoms with E-state index >= 15 is 0 Å². The van der Waals surface area contributed by atoms with Crippen molar-refractivity contribution in [1.82, 2.24) is 0 Å². The molecule has 2 aliphatic carbocycles. The lowest BCUT2D eigenvalue weighted by Crippen LogP contribution is -2.26. The van der Waals surface area contributed by atoms with Gasteiger partial charge in [0.1, 0.15) is 11.2 Å². The molecule has 1 unspecified atom stereocenters. The van der Waals surface area contributed by atoms with Gasteiger partial charge >= 0.3 is 0 Å². The molecule has 1 atom stereocenters. The second-order valence-electron chi connectivity index (χ2n) is 9.50. The first-order valence-corrected chi connectivity index (χ1v) is 12.4. The maximum atomic E-state index is 6.57. The van der Waals surface area contributed by atoms with E-state index in [9.17, 15) is 0 Å². The molecule has 1 nitrogen and oxygen atoms in total. The largest absolute Gasteiger partial charge is 0.455 e. The lowest BCUT2D eigenvalue weighted by atomic mass is 9.70. The molecule has 5 aromatic carbocycles. The van der Waals surface area contributed by atoms with Crippen LogP contribution in [0.25, 0.3) is 44.2 Å². The van der Waals surface area contributed by atoms with Crippen molar-refractivity contribution in [2.75, 3.05) is 0 Å². The van der Waals surface area contributed by atoms with Crippen LogP contribution in [0.3, 0.4) is 0 Å². The van der Waals surface area contributed by atoms with Crippen LogP contribution in [0, 0.1) is 6.92 Å². The Kier molecular flexibility index (Phi) is 3.47. The first-order valence-electron chi connectivity index (χ1n) is 11.6. The number of fused-ring (bicyclic) bond motifs is 14. The Morgan fingerprint density at radius 2 is 1.38 bits per heavy atom. The molecule has 1 aromatic heterocycles. The van der Waals surface area contributed by atoms with Crippen LogP contribution in [-0.4, -0.2) is 0 Å². The second kappa shape index (κ2) is 6.28. The summed E-state index contributed by atoms with van der Waals surface area (Å²) in [4.78, 5) is 0. The van der Waals surface area contributed by atoms with E-state index in [1.807, 2.05) is 6.07 Å². The Labute approximate surface area is 205 Å². The number of hydrogen-bond donors (Lipinski definition) is 0. The number of rotatable bonds is 0. The Balaban J connectivity index is 1.62. The van der Waals surface area contributed by atoms with Gasteiger partial charge in [0.25, 0.3) is 0 Å². The Morgan fingerprint density at radius 1 is 0.618 bits per heavy atom. The van der Waals surface area contributed by atoms with Gasteiger partial charge in [-0.05, 0) is 64.1 Å². The van der Waals surface area contributed by atoms with Gasteiger partial charge < -0.3 is 4.42 Å². The summed E-state index contributed by atoms with van der Waals surface area (Å²) >= 11 is 3.78. The molecule has 2 aliphatic rings. The highest BCUT2D eigenvalue weighted by Gasteiger charge is 2.52. The third kappa shape index (κ3) is 2.07. The average Bonchev–Trinajstić information content (AvgIpc) is 3.47. The van der Waals surface area contributed by atoms with E-state index in [1.54, 1.807) is 0 Å². The number of furan rings is 1. The monoisotopic (exact) mass is 498 g/mol. The van der Waals surface area contributed by atoms with Crippen LogP contribution >= 0.6 is 15.9 Å². The average molecular weight is 499 g/mol. The fourth-order valence-electron chi connectivity index (χ4n) is 6.53. The predicted molar refractivity (Wildman–Crippen MR) is 142 cm³/mol. The fraction of sp³-hybridized carbons (Fsp3) is 0.0625. The molecule has 0 radical (unpaired) electrons. The van der Waals surface area contributed by atoms with Gasteiger partial charge in [0.2, 0.25) is 0 Å². The number of halogens is 1. The van der Waals surface area contributed by atoms with E-state index in [1.165, 1.54) is 60.8 Å². The number of aryl methyl sites for hydroxylation is 1. The molecule has 34 heavy (non-hydrogen) atoms. The first-order chi connectivity index (χ1) is 16.7. The second-order valence-corrected chi connectivity index (χ2v) is 10.4. The van der Waals surface area contributed by atoms with Crippen molar-refractivity contribution < 1.29 is 4.42 Å². The molecular weight excluding hydrogens is 480 g/mol. The quantitative estimate of drug-likeness (QED) is 0.203. The molecule has 0 saturated heterocycles. The molecule has 0 fully saturated rings. The van der Waals surface area contributed by atoms with Gasteiger partial charge in [-0.1, -0.05) is 100 Å². The van der Waals surface area contributed by atoms with Crippen molar-refractivity contribution in [3.63, 3.8) is 0 Å². The normalized spacial score (nSPS) is 17.2. The molecule has 160 valence electrons. The van der Waals surface area contributed by atoms with Gasteiger partial charge in [-0.3, -0.25) is 0 Å². The van der Waals surface area contributed by atoms with Gasteiger partial charge in [-0.2, -0.15) is 0 Å². The van der Waals surface area contributed by atoms with Gasteiger partial charge in [0.05, 0.1) is 5.41 Å². The van der Waals surface area contributed by atoms with Crippen LogP contribution < -0.4 is 0 Å². The summed E-state index contributed by atoms with van der Waals surface area (Å²) in [5, 5.41) is 2.35. The van der Waals surface area contributed by atoms with Crippen LogP contribution in [0.15, 0.2) is 106 Å². The third-order valence-electron chi connectivity index (χ3n) is 7.81. The smallest absolute Gasteiger partial charge is 0.143 e. The highest BCUT2D eigenvalue weighted by atomic mass is 79.9. The topological polar surface area (TPSA) is 13.1 Å². The van der Waals surface area contributed by atoms with Crippen LogP contribution in [0.4, 0.5) is 0 Å². The SMILES string of the molecule is Cc1ccc2c(c1)C1(c3cc(Br)ccc3-2)c2ccccc2-c2c1ccc1c2oc2ccccc21. The first kappa shape index (κ1) is 18.8. The zero-order valence-corrected chi connectivity index (χ0v) is 20.1. The minimum absolute atomic E-state index is 0.362. The molecule has 0 saturated carbocycles. The molecule has 0 amide bonds. The van der Waals surface area contributed by atoms with Gasteiger partial charge in [0, 0.05) is 20.8 Å². The Hall–Kier alpha value is -3.62. The Bertz CT molecular complexity index is 1790. The number of hydrogen-bond acceptors (Lipinski definition) is 1.